The van der Waals surface area contributed by atoms with Crippen molar-refractivity contribution in [2.75, 3.05) is 19.5 Å². The van der Waals surface area contributed by atoms with Crippen molar-refractivity contribution in [3.8, 4) is 34.6 Å². The summed E-state index contributed by atoms with van der Waals surface area (Å²) < 4.78 is 16.2. The number of carbonyl (C=O) groups excluding carboxylic acids is 1. The van der Waals surface area contributed by atoms with Gasteiger partial charge in [0.1, 0.15) is 16.7 Å². The molecule has 0 bridgehead atoms. The van der Waals surface area contributed by atoms with Gasteiger partial charge in [0.2, 0.25) is 5.75 Å². The van der Waals surface area contributed by atoms with Gasteiger partial charge in [0, 0.05) is 28.9 Å². The fraction of sp³-hybridized carbons (Fsp3) is 0.0800. The maximum absolute atomic E-state index is 12.7. The molecule has 4 rings (SSSR count). The van der Waals surface area contributed by atoms with E-state index < -0.39 is 5.43 Å². The summed E-state index contributed by atoms with van der Waals surface area (Å²) in [5.41, 5.74) is 1.73. The zero-order valence-corrected chi connectivity index (χ0v) is 17.7. The number of nitriles is 1. The first-order chi connectivity index (χ1) is 15.9. The van der Waals surface area contributed by atoms with Crippen molar-refractivity contribution in [2.45, 2.75) is 0 Å². The van der Waals surface area contributed by atoms with Crippen molar-refractivity contribution < 1.29 is 23.8 Å². The topological polar surface area (TPSA) is 122 Å². The smallest absolute Gasteiger partial charge is 0.255 e. The van der Waals surface area contributed by atoms with Gasteiger partial charge in [0.05, 0.1) is 25.9 Å². The molecule has 0 radical (unpaired) electrons. The van der Waals surface area contributed by atoms with Crippen LogP contribution in [0.4, 0.5) is 5.69 Å². The lowest BCUT2D eigenvalue weighted by molar-refractivity contribution is 0.102. The van der Waals surface area contributed by atoms with E-state index in [1.54, 1.807) is 48.5 Å². The number of ether oxygens (including phenoxy) is 2. The molecule has 164 valence electrons. The van der Waals surface area contributed by atoms with Crippen LogP contribution in [0, 0.1) is 11.3 Å². The van der Waals surface area contributed by atoms with Crippen molar-refractivity contribution in [2.24, 2.45) is 0 Å². The van der Waals surface area contributed by atoms with Crippen molar-refractivity contribution in [3.05, 3.63) is 82.0 Å². The Bertz CT molecular complexity index is 1450. The number of hydrogen-bond donors (Lipinski definition) is 2. The van der Waals surface area contributed by atoms with Crippen molar-refractivity contribution in [1.29, 1.82) is 5.26 Å². The van der Waals surface area contributed by atoms with Crippen LogP contribution in [0.1, 0.15) is 15.9 Å². The van der Waals surface area contributed by atoms with Crippen LogP contribution in [-0.2, 0) is 0 Å². The molecule has 1 heterocycles. The lowest BCUT2D eigenvalue weighted by atomic mass is 10.1. The van der Waals surface area contributed by atoms with Gasteiger partial charge in [0.15, 0.2) is 16.9 Å². The third-order valence-electron chi connectivity index (χ3n) is 5.04. The largest absolute Gasteiger partial charge is 0.504 e. The van der Waals surface area contributed by atoms with E-state index in [1.807, 2.05) is 6.07 Å². The highest BCUT2D eigenvalue weighted by Crippen LogP contribution is 2.42. The third kappa shape index (κ3) is 4.07. The summed E-state index contributed by atoms with van der Waals surface area (Å²) in [5.74, 6) is -0.117. The Kier molecular flexibility index (Phi) is 5.70. The molecular formula is C25H18N2O6. The quantitative estimate of drug-likeness (QED) is 0.472. The summed E-state index contributed by atoms with van der Waals surface area (Å²) in [4.78, 5) is 25.1. The van der Waals surface area contributed by atoms with Gasteiger partial charge in [-0.05, 0) is 48.5 Å². The first kappa shape index (κ1) is 21.5. The number of fused-ring (bicyclic) bond motifs is 1. The Hall–Kier alpha value is -4.77. The Morgan fingerprint density at radius 3 is 2.33 bits per heavy atom. The average Bonchev–Trinajstić information content (AvgIpc) is 2.83. The first-order valence-electron chi connectivity index (χ1n) is 9.79. The maximum Gasteiger partial charge on any atom is 0.255 e. The van der Waals surface area contributed by atoms with Crippen LogP contribution >= 0.6 is 0 Å². The number of hydrogen-bond acceptors (Lipinski definition) is 7. The first-order valence-corrected chi connectivity index (χ1v) is 9.79. The Morgan fingerprint density at radius 2 is 1.73 bits per heavy atom. The standard InChI is InChI=1S/C25H18N2O6/c1-31-21-12-20-22(23(29)24(21)32-2)18(28)11-19(33-20)15-7-9-17(10-8-15)27-25(30)16-5-3-14(13-26)4-6-16/h3-12,29H,1-2H3,(H,27,30). The van der Waals surface area contributed by atoms with Gasteiger partial charge in [-0.3, -0.25) is 9.59 Å². The predicted octanol–water partition coefficient (Wildman–Crippen LogP) is 4.31. The zero-order chi connectivity index (χ0) is 23.5. The molecular weight excluding hydrogens is 424 g/mol. The average molecular weight is 442 g/mol. The third-order valence-corrected chi connectivity index (χ3v) is 5.04. The molecule has 0 saturated heterocycles. The number of aromatic hydroxyl groups is 1. The molecule has 8 nitrogen and oxygen atoms in total. The minimum atomic E-state index is -0.442. The fourth-order valence-corrected chi connectivity index (χ4v) is 3.37. The SMILES string of the molecule is COc1cc2oc(-c3ccc(NC(=O)c4ccc(C#N)cc4)cc3)cc(=O)c2c(O)c1OC. The molecule has 0 atom stereocenters. The molecule has 0 aliphatic heterocycles. The molecule has 3 aromatic carbocycles. The summed E-state index contributed by atoms with van der Waals surface area (Å²) in [6, 6.07) is 17.8. The molecule has 2 N–H and O–H groups in total. The van der Waals surface area contributed by atoms with Crippen LogP contribution in [0.3, 0.4) is 0 Å². The van der Waals surface area contributed by atoms with Gasteiger partial charge < -0.3 is 24.3 Å². The van der Waals surface area contributed by atoms with E-state index in [0.717, 1.165) is 0 Å². The number of carbonyl (C=O) groups is 1. The summed E-state index contributed by atoms with van der Waals surface area (Å²) in [7, 11) is 2.77. The summed E-state index contributed by atoms with van der Waals surface area (Å²) >= 11 is 0. The van der Waals surface area contributed by atoms with Crippen molar-refractivity contribution >= 4 is 22.6 Å². The molecule has 4 aromatic rings. The molecule has 0 saturated carbocycles. The molecule has 0 aliphatic rings. The van der Waals surface area contributed by atoms with Crippen LogP contribution in [-0.4, -0.2) is 25.2 Å². The lowest BCUT2D eigenvalue weighted by Gasteiger charge is -2.12. The molecule has 1 aromatic heterocycles. The van der Waals surface area contributed by atoms with Gasteiger partial charge in [-0.25, -0.2) is 0 Å². The number of methoxy groups -OCH3 is 2. The van der Waals surface area contributed by atoms with Crippen LogP contribution in [0.15, 0.2) is 69.9 Å². The number of phenolic OH excluding ortho intramolecular Hbond substituents is 1. The minimum absolute atomic E-state index is 0.0114. The van der Waals surface area contributed by atoms with Crippen LogP contribution in [0.25, 0.3) is 22.3 Å². The fourth-order valence-electron chi connectivity index (χ4n) is 3.37. The second-order valence-electron chi connectivity index (χ2n) is 7.03. The number of amides is 1. The molecule has 0 spiro atoms. The monoisotopic (exact) mass is 442 g/mol. The molecule has 8 heteroatoms. The number of phenols is 1. The highest BCUT2D eigenvalue weighted by molar-refractivity contribution is 6.04. The van der Waals surface area contributed by atoms with E-state index in [-0.39, 0.29) is 39.9 Å². The predicted molar refractivity (Wildman–Crippen MR) is 122 cm³/mol. The van der Waals surface area contributed by atoms with E-state index >= 15 is 0 Å². The maximum atomic E-state index is 12.7. The van der Waals surface area contributed by atoms with Crippen molar-refractivity contribution in [3.63, 3.8) is 0 Å². The highest BCUT2D eigenvalue weighted by Gasteiger charge is 2.19. The van der Waals surface area contributed by atoms with E-state index in [4.69, 9.17) is 19.2 Å². The molecule has 0 unspecified atom stereocenters. The van der Waals surface area contributed by atoms with Crippen molar-refractivity contribution in [1.82, 2.24) is 0 Å². The molecule has 1 amide bonds. The number of rotatable bonds is 5. The molecule has 0 aliphatic carbocycles. The van der Waals surface area contributed by atoms with E-state index in [0.29, 0.717) is 22.4 Å². The van der Waals surface area contributed by atoms with Gasteiger partial charge in [0.25, 0.3) is 5.91 Å². The van der Waals surface area contributed by atoms with Crippen LogP contribution in [0.5, 0.6) is 17.2 Å². The zero-order valence-electron chi connectivity index (χ0n) is 17.7. The number of anilines is 1. The highest BCUT2D eigenvalue weighted by atomic mass is 16.5. The van der Waals surface area contributed by atoms with Gasteiger partial charge in [-0.15, -0.1) is 0 Å². The lowest BCUT2D eigenvalue weighted by Crippen LogP contribution is -2.11. The summed E-state index contributed by atoms with van der Waals surface area (Å²) in [6.45, 7) is 0. The van der Waals surface area contributed by atoms with Gasteiger partial charge >= 0.3 is 0 Å². The second-order valence-corrected chi connectivity index (χ2v) is 7.03. The minimum Gasteiger partial charge on any atom is -0.504 e. The Morgan fingerprint density at radius 1 is 1.03 bits per heavy atom. The summed E-state index contributed by atoms with van der Waals surface area (Å²) in [5, 5.41) is 22.0. The van der Waals surface area contributed by atoms with Crippen LogP contribution < -0.4 is 20.2 Å². The van der Waals surface area contributed by atoms with E-state index in [2.05, 4.69) is 5.32 Å². The molecule has 33 heavy (non-hydrogen) atoms. The van der Waals surface area contributed by atoms with Crippen LogP contribution in [0.2, 0.25) is 0 Å². The number of nitrogens with zero attached hydrogens (tertiary/aromatic N) is 1. The van der Waals surface area contributed by atoms with Gasteiger partial charge in [-0.1, -0.05) is 0 Å². The normalized spacial score (nSPS) is 10.5. The second kappa shape index (κ2) is 8.77. The van der Waals surface area contributed by atoms with E-state index in [1.165, 1.54) is 26.4 Å². The number of benzene rings is 3. The number of nitrogens with one attached hydrogen (secondary N) is 1. The Labute approximate surface area is 188 Å². The van der Waals surface area contributed by atoms with E-state index in [9.17, 15) is 14.7 Å². The van der Waals surface area contributed by atoms with Gasteiger partial charge in [-0.2, -0.15) is 5.26 Å². The summed E-state index contributed by atoms with van der Waals surface area (Å²) in [6.07, 6.45) is 0. The molecule has 0 fully saturated rings. The Balaban J connectivity index is 1.63.